The van der Waals surface area contributed by atoms with Crippen molar-refractivity contribution in [2.24, 2.45) is 5.73 Å². The van der Waals surface area contributed by atoms with E-state index >= 15 is 0 Å². The number of sulfone groups is 1. The fraction of sp³-hybridized carbons (Fsp3) is 0.417. The molecule has 0 radical (unpaired) electrons. The van der Waals surface area contributed by atoms with Crippen LogP contribution in [0.2, 0.25) is 0 Å². The molecule has 1 atom stereocenters. The Balaban J connectivity index is 0.00000324. The maximum Gasteiger partial charge on any atom is 0.244 e. The van der Waals surface area contributed by atoms with Gasteiger partial charge in [-0.1, -0.05) is 30.3 Å². The first kappa shape index (κ1) is 17.9. The van der Waals surface area contributed by atoms with E-state index in [0.29, 0.717) is 5.56 Å². The zero-order chi connectivity index (χ0) is 13.8. The van der Waals surface area contributed by atoms with Crippen LogP contribution in [-0.2, 0) is 20.2 Å². The van der Waals surface area contributed by atoms with Crippen LogP contribution in [0.3, 0.4) is 0 Å². The minimum absolute atomic E-state index is 0. The number of rotatable bonds is 5. The van der Waals surface area contributed by atoms with Crippen molar-refractivity contribution in [1.29, 1.82) is 0 Å². The molecule has 0 spiro atoms. The Hall–Kier alpha value is -1.11. The summed E-state index contributed by atoms with van der Waals surface area (Å²) in [6.45, 7) is 1.66. The SMILES string of the molecule is CC(N)(C(=O)NCCS(C)(=O)=O)c1ccccc1.Cl. The standard InChI is InChI=1S/C12H18N2O3S.ClH/c1-12(13,10-6-4-3-5-7-10)11(15)14-8-9-18(2,16)17;/h3-7H,8-9,13H2,1-2H3,(H,14,15);1H. The molecule has 1 unspecified atom stereocenters. The summed E-state index contributed by atoms with van der Waals surface area (Å²) in [6.07, 6.45) is 1.12. The highest BCUT2D eigenvalue weighted by atomic mass is 35.5. The van der Waals surface area contributed by atoms with Gasteiger partial charge in [0, 0.05) is 12.8 Å². The number of benzene rings is 1. The Morgan fingerprint density at radius 3 is 2.32 bits per heavy atom. The van der Waals surface area contributed by atoms with Gasteiger partial charge in [0.1, 0.15) is 15.4 Å². The van der Waals surface area contributed by atoms with Crippen LogP contribution in [0.25, 0.3) is 0 Å². The molecule has 0 heterocycles. The normalized spacial score (nSPS) is 14.1. The minimum Gasteiger partial charge on any atom is -0.353 e. The van der Waals surface area contributed by atoms with E-state index in [1.54, 1.807) is 31.2 Å². The molecular formula is C12H19ClN2O3S. The van der Waals surface area contributed by atoms with Gasteiger partial charge in [0.15, 0.2) is 0 Å². The lowest BCUT2D eigenvalue weighted by molar-refractivity contribution is -0.125. The molecule has 0 aromatic heterocycles. The lowest BCUT2D eigenvalue weighted by atomic mass is 9.92. The lowest BCUT2D eigenvalue weighted by Crippen LogP contribution is -2.49. The zero-order valence-electron chi connectivity index (χ0n) is 10.9. The summed E-state index contributed by atoms with van der Waals surface area (Å²) >= 11 is 0. The zero-order valence-corrected chi connectivity index (χ0v) is 12.6. The van der Waals surface area contributed by atoms with Gasteiger partial charge in [-0.25, -0.2) is 8.42 Å². The highest BCUT2D eigenvalue weighted by molar-refractivity contribution is 7.90. The van der Waals surface area contributed by atoms with E-state index in [1.807, 2.05) is 6.07 Å². The molecule has 0 aliphatic heterocycles. The van der Waals surface area contributed by atoms with E-state index in [9.17, 15) is 13.2 Å². The summed E-state index contributed by atoms with van der Waals surface area (Å²) < 4.78 is 21.9. The van der Waals surface area contributed by atoms with E-state index in [2.05, 4.69) is 5.32 Å². The molecule has 108 valence electrons. The molecule has 1 amide bonds. The van der Waals surface area contributed by atoms with Crippen molar-refractivity contribution in [3.8, 4) is 0 Å². The topological polar surface area (TPSA) is 89.3 Å². The van der Waals surface area contributed by atoms with E-state index < -0.39 is 21.3 Å². The molecule has 1 aromatic carbocycles. The van der Waals surface area contributed by atoms with Crippen LogP contribution in [0.1, 0.15) is 12.5 Å². The monoisotopic (exact) mass is 306 g/mol. The third-order valence-electron chi connectivity index (χ3n) is 2.60. The van der Waals surface area contributed by atoms with Gasteiger partial charge in [0.25, 0.3) is 0 Å². The number of nitrogens with one attached hydrogen (secondary N) is 1. The predicted octanol–water partition coefficient (Wildman–Crippen LogP) is 0.443. The van der Waals surface area contributed by atoms with Gasteiger partial charge >= 0.3 is 0 Å². The summed E-state index contributed by atoms with van der Waals surface area (Å²) in [5.41, 5.74) is 5.48. The molecule has 0 aliphatic carbocycles. The molecule has 3 N–H and O–H groups in total. The first-order valence-corrected chi connectivity index (χ1v) is 7.60. The van der Waals surface area contributed by atoms with Crippen molar-refractivity contribution in [1.82, 2.24) is 5.32 Å². The Morgan fingerprint density at radius 2 is 1.84 bits per heavy atom. The largest absolute Gasteiger partial charge is 0.353 e. The first-order valence-electron chi connectivity index (χ1n) is 5.54. The van der Waals surface area contributed by atoms with Crippen LogP contribution < -0.4 is 11.1 Å². The van der Waals surface area contributed by atoms with Crippen molar-refractivity contribution in [2.75, 3.05) is 18.6 Å². The summed E-state index contributed by atoms with van der Waals surface area (Å²) in [4.78, 5) is 11.9. The van der Waals surface area contributed by atoms with E-state index in [-0.39, 0.29) is 24.7 Å². The molecular weight excluding hydrogens is 288 g/mol. The van der Waals surface area contributed by atoms with Gasteiger partial charge in [0.05, 0.1) is 5.75 Å². The quantitative estimate of drug-likeness (QED) is 0.826. The van der Waals surface area contributed by atoms with Gasteiger partial charge in [0.2, 0.25) is 5.91 Å². The highest BCUT2D eigenvalue weighted by Crippen LogP contribution is 2.17. The molecule has 19 heavy (non-hydrogen) atoms. The third kappa shape index (κ3) is 5.59. The maximum atomic E-state index is 11.9. The van der Waals surface area contributed by atoms with E-state index in [0.717, 1.165) is 6.26 Å². The molecule has 0 bridgehead atoms. The molecule has 0 saturated carbocycles. The van der Waals surface area contributed by atoms with Crippen molar-refractivity contribution >= 4 is 28.2 Å². The number of nitrogens with two attached hydrogens (primary N) is 1. The van der Waals surface area contributed by atoms with E-state index in [4.69, 9.17) is 5.73 Å². The molecule has 7 heteroatoms. The van der Waals surface area contributed by atoms with Crippen LogP contribution in [0.4, 0.5) is 0 Å². The van der Waals surface area contributed by atoms with E-state index in [1.165, 1.54) is 0 Å². The number of hydrogen-bond donors (Lipinski definition) is 2. The highest BCUT2D eigenvalue weighted by Gasteiger charge is 2.29. The van der Waals surface area contributed by atoms with Crippen LogP contribution >= 0.6 is 12.4 Å². The molecule has 5 nitrogen and oxygen atoms in total. The van der Waals surface area contributed by atoms with Crippen LogP contribution in [-0.4, -0.2) is 32.9 Å². The maximum absolute atomic E-state index is 11.9. The molecule has 1 rings (SSSR count). The van der Waals surface area contributed by atoms with Gasteiger partial charge < -0.3 is 11.1 Å². The Bertz CT molecular complexity index is 515. The molecule has 0 aliphatic rings. The third-order valence-corrected chi connectivity index (χ3v) is 3.55. The second-order valence-corrected chi connectivity index (χ2v) is 6.71. The number of hydrogen-bond acceptors (Lipinski definition) is 4. The molecule has 1 aromatic rings. The second kappa shape index (κ2) is 6.88. The second-order valence-electron chi connectivity index (χ2n) is 4.45. The van der Waals surface area contributed by atoms with Crippen LogP contribution in [0, 0.1) is 0 Å². The average molecular weight is 307 g/mol. The van der Waals surface area contributed by atoms with Gasteiger partial charge in [-0.3, -0.25) is 4.79 Å². The number of carbonyl (C=O) groups excluding carboxylic acids is 1. The average Bonchev–Trinajstić information content (AvgIpc) is 2.28. The summed E-state index contributed by atoms with van der Waals surface area (Å²) in [6, 6.07) is 8.95. The Morgan fingerprint density at radius 1 is 1.32 bits per heavy atom. The van der Waals surface area contributed by atoms with Crippen LogP contribution in [0.5, 0.6) is 0 Å². The smallest absolute Gasteiger partial charge is 0.244 e. The Kier molecular flexibility index (Phi) is 6.48. The molecule has 0 fully saturated rings. The van der Waals surface area contributed by atoms with Crippen molar-refractivity contribution in [3.63, 3.8) is 0 Å². The van der Waals surface area contributed by atoms with Crippen LogP contribution in [0.15, 0.2) is 30.3 Å². The molecule has 0 saturated heterocycles. The lowest BCUT2D eigenvalue weighted by Gasteiger charge is -2.23. The first-order chi connectivity index (χ1) is 8.23. The number of amides is 1. The van der Waals surface area contributed by atoms with Crippen molar-refractivity contribution < 1.29 is 13.2 Å². The predicted molar refractivity (Wildman–Crippen MR) is 77.9 cm³/mol. The van der Waals surface area contributed by atoms with Gasteiger partial charge in [-0.05, 0) is 12.5 Å². The minimum atomic E-state index is -3.09. The summed E-state index contributed by atoms with van der Waals surface area (Å²) in [5, 5.41) is 2.53. The summed E-state index contributed by atoms with van der Waals surface area (Å²) in [5.74, 6) is -0.485. The summed E-state index contributed by atoms with van der Waals surface area (Å²) in [7, 11) is -3.09. The fourth-order valence-corrected chi connectivity index (χ4v) is 1.92. The fourth-order valence-electron chi connectivity index (χ4n) is 1.45. The van der Waals surface area contributed by atoms with Crippen molar-refractivity contribution in [2.45, 2.75) is 12.5 Å². The van der Waals surface area contributed by atoms with Crippen molar-refractivity contribution in [3.05, 3.63) is 35.9 Å². The van der Waals surface area contributed by atoms with Gasteiger partial charge in [-0.2, -0.15) is 0 Å². The Labute approximate surface area is 119 Å². The number of carbonyl (C=O) groups is 1. The number of halogens is 1. The van der Waals surface area contributed by atoms with Gasteiger partial charge in [-0.15, -0.1) is 12.4 Å².